The molecule has 1 N–H and O–H groups in total. The molecule has 3 heteroatoms. The normalized spacial score (nSPS) is 10.6. The lowest BCUT2D eigenvalue weighted by molar-refractivity contribution is 0.282. The average molecular weight is 247 g/mol. The molecule has 1 rings (SSSR count). The largest absolute Gasteiger partial charge is 0.396 e. The van der Waals surface area contributed by atoms with E-state index in [1.807, 2.05) is 18.2 Å². The fraction of sp³-hybridized carbons (Fsp3) is 0.500. The monoisotopic (exact) mass is 246 g/mol. The first-order valence-corrected chi connectivity index (χ1v) is 6.05. The average Bonchev–Trinajstić information content (AvgIpc) is 2.21. The molecule has 0 bridgehead atoms. The van der Waals surface area contributed by atoms with Gasteiger partial charge in [-0.1, -0.05) is 42.1 Å². The highest BCUT2D eigenvalue weighted by Gasteiger charge is 2.04. The SMILES string of the molecule is OCCCCCCc1c(Cl)cccc1Cl. The molecule has 15 heavy (non-hydrogen) atoms. The molecule has 0 aliphatic carbocycles. The Kier molecular flexibility index (Phi) is 6.07. The number of aliphatic hydroxyl groups is 1. The summed E-state index contributed by atoms with van der Waals surface area (Å²) in [7, 11) is 0. The maximum Gasteiger partial charge on any atom is 0.0452 e. The predicted octanol–water partition coefficient (Wildman–Crippen LogP) is 4.09. The molecule has 0 spiro atoms. The smallest absolute Gasteiger partial charge is 0.0452 e. The predicted molar refractivity (Wildman–Crippen MR) is 65.7 cm³/mol. The van der Waals surface area contributed by atoms with Gasteiger partial charge in [0.15, 0.2) is 0 Å². The Morgan fingerprint density at radius 2 is 1.53 bits per heavy atom. The van der Waals surface area contributed by atoms with Crippen LogP contribution in [0.3, 0.4) is 0 Å². The molecule has 1 aromatic carbocycles. The highest BCUT2D eigenvalue weighted by atomic mass is 35.5. The standard InChI is InChI=1S/C12H16Cl2O/c13-11-7-5-8-12(14)10(11)6-3-1-2-4-9-15/h5,7-8,15H,1-4,6,9H2. The summed E-state index contributed by atoms with van der Waals surface area (Å²) in [5.41, 5.74) is 1.05. The van der Waals surface area contributed by atoms with Crippen molar-refractivity contribution >= 4 is 23.2 Å². The number of rotatable bonds is 6. The van der Waals surface area contributed by atoms with Crippen LogP contribution in [0.15, 0.2) is 18.2 Å². The minimum Gasteiger partial charge on any atom is -0.396 e. The van der Waals surface area contributed by atoms with E-state index in [0.717, 1.165) is 47.7 Å². The fourth-order valence-electron chi connectivity index (χ4n) is 1.54. The summed E-state index contributed by atoms with van der Waals surface area (Å²) in [5, 5.41) is 10.1. The third-order valence-corrected chi connectivity index (χ3v) is 3.10. The maximum absolute atomic E-state index is 8.63. The Labute approximate surface area is 101 Å². The van der Waals surface area contributed by atoms with E-state index in [1.54, 1.807) is 0 Å². The second-order valence-electron chi connectivity index (χ2n) is 3.59. The first-order chi connectivity index (χ1) is 7.25. The van der Waals surface area contributed by atoms with Crippen molar-refractivity contribution in [3.05, 3.63) is 33.8 Å². The molecule has 84 valence electrons. The summed E-state index contributed by atoms with van der Waals surface area (Å²) in [6.45, 7) is 0.285. The van der Waals surface area contributed by atoms with Crippen molar-refractivity contribution in [1.29, 1.82) is 0 Å². The van der Waals surface area contributed by atoms with Crippen LogP contribution < -0.4 is 0 Å². The van der Waals surface area contributed by atoms with Gasteiger partial charge in [-0.2, -0.15) is 0 Å². The van der Waals surface area contributed by atoms with Crippen molar-refractivity contribution in [2.24, 2.45) is 0 Å². The molecule has 0 saturated carbocycles. The number of hydrogen-bond acceptors (Lipinski definition) is 1. The lowest BCUT2D eigenvalue weighted by atomic mass is 10.1. The van der Waals surface area contributed by atoms with Gasteiger partial charge in [0.25, 0.3) is 0 Å². The van der Waals surface area contributed by atoms with E-state index in [9.17, 15) is 0 Å². The lowest BCUT2D eigenvalue weighted by Gasteiger charge is -2.06. The number of unbranched alkanes of at least 4 members (excludes halogenated alkanes) is 3. The number of hydrogen-bond donors (Lipinski definition) is 1. The van der Waals surface area contributed by atoms with Gasteiger partial charge in [-0.25, -0.2) is 0 Å². The van der Waals surface area contributed by atoms with Crippen LogP contribution in [0, 0.1) is 0 Å². The minimum atomic E-state index is 0.285. The number of benzene rings is 1. The van der Waals surface area contributed by atoms with Crippen molar-refractivity contribution in [3.8, 4) is 0 Å². The van der Waals surface area contributed by atoms with Crippen LogP contribution >= 0.6 is 23.2 Å². The van der Waals surface area contributed by atoms with Gasteiger partial charge in [-0.05, 0) is 37.0 Å². The summed E-state index contributed by atoms with van der Waals surface area (Å²) >= 11 is 12.1. The van der Waals surface area contributed by atoms with Crippen molar-refractivity contribution in [1.82, 2.24) is 0 Å². The van der Waals surface area contributed by atoms with Crippen molar-refractivity contribution in [3.63, 3.8) is 0 Å². The summed E-state index contributed by atoms with van der Waals surface area (Å²) < 4.78 is 0. The van der Waals surface area contributed by atoms with Gasteiger partial charge in [-0.3, -0.25) is 0 Å². The molecule has 0 radical (unpaired) electrons. The molecule has 0 aliphatic heterocycles. The second kappa shape index (κ2) is 7.10. The molecular formula is C12H16Cl2O. The molecule has 0 heterocycles. The molecule has 0 unspecified atom stereocenters. The van der Waals surface area contributed by atoms with Gasteiger partial charge >= 0.3 is 0 Å². The summed E-state index contributed by atoms with van der Waals surface area (Å²) in [6.07, 6.45) is 5.06. The zero-order chi connectivity index (χ0) is 11.1. The third-order valence-electron chi connectivity index (χ3n) is 2.40. The number of halogens is 2. The van der Waals surface area contributed by atoms with Crippen molar-refractivity contribution in [2.45, 2.75) is 32.1 Å². The zero-order valence-electron chi connectivity index (χ0n) is 8.68. The molecule has 1 nitrogen and oxygen atoms in total. The lowest BCUT2D eigenvalue weighted by Crippen LogP contribution is -1.90. The number of aliphatic hydroxyl groups excluding tert-OH is 1. The molecule has 0 amide bonds. The molecular weight excluding hydrogens is 231 g/mol. The Morgan fingerprint density at radius 3 is 2.13 bits per heavy atom. The Bertz CT molecular complexity index is 279. The van der Waals surface area contributed by atoms with Gasteiger partial charge in [0.1, 0.15) is 0 Å². The van der Waals surface area contributed by atoms with Gasteiger partial charge < -0.3 is 5.11 Å². The third kappa shape index (κ3) is 4.42. The van der Waals surface area contributed by atoms with Crippen molar-refractivity contribution in [2.75, 3.05) is 6.61 Å². The molecule has 0 aliphatic rings. The highest BCUT2D eigenvalue weighted by molar-refractivity contribution is 6.35. The van der Waals surface area contributed by atoms with E-state index in [1.165, 1.54) is 0 Å². The topological polar surface area (TPSA) is 20.2 Å². The second-order valence-corrected chi connectivity index (χ2v) is 4.40. The van der Waals surface area contributed by atoms with E-state index in [2.05, 4.69) is 0 Å². The van der Waals surface area contributed by atoms with Crippen LogP contribution in [0.4, 0.5) is 0 Å². The first-order valence-electron chi connectivity index (χ1n) is 5.29. The van der Waals surface area contributed by atoms with Crippen LogP contribution in [0.25, 0.3) is 0 Å². The quantitative estimate of drug-likeness (QED) is 0.750. The van der Waals surface area contributed by atoms with E-state index < -0.39 is 0 Å². The van der Waals surface area contributed by atoms with Gasteiger partial charge in [0.05, 0.1) is 0 Å². The molecule has 0 atom stereocenters. The summed E-state index contributed by atoms with van der Waals surface area (Å²) in [6, 6.07) is 5.60. The fourth-order valence-corrected chi connectivity index (χ4v) is 2.12. The molecule has 1 aromatic rings. The highest BCUT2D eigenvalue weighted by Crippen LogP contribution is 2.25. The van der Waals surface area contributed by atoms with E-state index in [4.69, 9.17) is 28.3 Å². The Balaban J connectivity index is 2.37. The Morgan fingerprint density at radius 1 is 0.933 bits per heavy atom. The Hall–Kier alpha value is -0.240. The summed E-state index contributed by atoms with van der Waals surface area (Å²) in [5.74, 6) is 0. The first kappa shape index (κ1) is 12.8. The van der Waals surface area contributed by atoms with Crippen LogP contribution in [0.2, 0.25) is 10.0 Å². The van der Waals surface area contributed by atoms with E-state index in [0.29, 0.717) is 0 Å². The van der Waals surface area contributed by atoms with Crippen molar-refractivity contribution < 1.29 is 5.11 Å². The van der Waals surface area contributed by atoms with Crippen LogP contribution in [-0.2, 0) is 6.42 Å². The maximum atomic E-state index is 8.63. The van der Waals surface area contributed by atoms with Crippen LogP contribution in [0.5, 0.6) is 0 Å². The molecule has 0 fully saturated rings. The molecule has 0 saturated heterocycles. The van der Waals surface area contributed by atoms with Gasteiger partial charge in [0.2, 0.25) is 0 Å². The van der Waals surface area contributed by atoms with E-state index >= 15 is 0 Å². The zero-order valence-corrected chi connectivity index (χ0v) is 10.2. The van der Waals surface area contributed by atoms with Crippen LogP contribution in [-0.4, -0.2) is 11.7 Å². The molecule has 0 aromatic heterocycles. The van der Waals surface area contributed by atoms with Gasteiger partial charge in [-0.15, -0.1) is 0 Å². The van der Waals surface area contributed by atoms with Crippen LogP contribution in [0.1, 0.15) is 31.2 Å². The van der Waals surface area contributed by atoms with E-state index in [-0.39, 0.29) is 6.61 Å². The summed E-state index contributed by atoms with van der Waals surface area (Å²) in [4.78, 5) is 0. The van der Waals surface area contributed by atoms with Gasteiger partial charge in [0, 0.05) is 16.7 Å². The minimum absolute atomic E-state index is 0.285.